The maximum atomic E-state index is 10.6. The molecule has 0 amide bonds. The normalized spacial score (nSPS) is 12.1. The molecule has 0 aliphatic rings. The first-order valence-electron chi connectivity index (χ1n) is 5.23. The van der Waals surface area contributed by atoms with Gasteiger partial charge in [0.25, 0.3) is 0 Å². The molecule has 0 spiro atoms. The van der Waals surface area contributed by atoms with Gasteiger partial charge in [-0.15, -0.1) is 0 Å². The summed E-state index contributed by atoms with van der Waals surface area (Å²) in [5, 5.41) is 17.5. The summed E-state index contributed by atoms with van der Waals surface area (Å²) in [6.45, 7) is 0.299. The van der Waals surface area contributed by atoms with Crippen LogP contribution in [0.25, 0.3) is 0 Å². The Bertz CT molecular complexity index is 310. The van der Waals surface area contributed by atoms with Crippen LogP contribution in [0.15, 0.2) is 30.3 Å². The molecule has 1 aromatic rings. The summed E-state index contributed by atoms with van der Waals surface area (Å²) in [6, 6.07) is 9.23. The van der Waals surface area contributed by atoms with Crippen molar-refractivity contribution in [3.8, 4) is 5.75 Å². The predicted octanol–water partition coefficient (Wildman–Crippen LogP) is 1.54. The Kier molecular flexibility index (Phi) is 5.36. The SMILES string of the molecule is O=C(O)CC(CCO)COc1ccccc1. The first-order chi connectivity index (χ1) is 7.72. The van der Waals surface area contributed by atoms with E-state index >= 15 is 0 Å². The number of ether oxygens (including phenoxy) is 1. The van der Waals surface area contributed by atoms with E-state index in [4.69, 9.17) is 14.9 Å². The number of carboxylic acid groups (broad SMARTS) is 1. The first kappa shape index (κ1) is 12.5. The summed E-state index contributed by atoms with van der Waals surface area (Å²) in [6.07, 6.45) is 0.465. The minimum absolute atomic E-state index is 0.0178. The Morgan fingerprint density at radius 3 is 2.56 bits per heavy atom. The average molecular weight is 224 g/mol. The maximum Gasteiger partial charge on any atom is 0.303 e. The molecule has 2 N–H and O–H groups in total. The molecule has 1 aromatic carbocycles. The van der Waals surface area contributed by atoms with Crippen molar-refractivity contribution in [1.82, 2.24) is 0 Å². The van der Waals surface area contributed by atoms with E-state index < -0.39 is 5.97 Å². The minimum Gasteiger partial charge on any atom is -0.493 e. The molecule has 16 heavy (non-hydrogen) atoms. The molecule has 0 aliphatic heterocycles. The van der Waals surface area contributed by atoms with Crippen molar-refractivity contribution < 1.29 is 19.7 Å². The molecule has 0 saturated heterocycles. The number of aliphatic hydroxyl groups excluding tert-OH is 1. The molecular formula is C12H16O4. The Labute approximate surface area is 94.5 Å². The van der Waals surface area contributed by atoms with E-state index in [1.807, 2.05) is 30.3 Å². The van der Waals surface area contributed by atoms with Gasteiger partial charge in [-0.05, 0) is 18.6 Å². The lowest BCUT2D eigenvalue weighted by Gasteiger charge is -2.14. The Balaban J connectivity index is 2.40. The molecule has 0 aromatic heterocycles. The molecule has 1 unspecified atom stereocenters. The molecule has 1 rings (SSSR count). The van der Waals surface area contributed by atoms with Crippen LogP contribution in [0.5, 0.6) is 5.75 Å². The molecule has 0 aliphatic carbocycles. The van der Waals surface area contributed by atoms with Gasteiger partial charge in [-0.2, -0.15) is 0 Å². The highest BCUT2D eigenvalue weighted by molar-refractivity contribution is 5.67. The zero-order valence-electron chi connectivity index (χ0n) is 9.00. The summed E-state index contributed by atoms with van der Waals surface area (Å²) in [5.74, 6) is -0.298. The van der Waals surface area contributed by atoms with Crippen molar-refractivity contribution in [2.45, 2.75) is 12.8 Å². The van der Waals surface area contributed by atoms with Gasteiger partial charge in [0.15, 0.2) is 0 Å². The third kappa shape index (κ3) is 4.79. The third-order valence-electron chi connectivity index (χ3n) is 2.23. The zero-order valence-corrected chi connectivity index (χ0v) is 9.00. The van der Waals surface area contributed by atoms with Gasteiger partial charge in [-0.3, -0.25) is 4.79 Å². The summed E-state index contributed by atoms with van der Waals surface area (Å²) in [7, 11) is 0. The van der Waals surface area contributed by atoms with Gasteiger partial charge < -0.3 is 14.9 Å². The van der Waals surface area contributed by atoms with E-state index in [9.17, 15) is 4.79 Å². The second-order valence-corrected chi connectivity index (χ2v) is 3.60. The van der Waals surface area contributed by atoms with E-state index in [2.05, 4.69) is 0 Å². The number of rotatable bonds is 7. The highest BCUT2D eigenvalue weighted by Gasteiger charge is 2.13. The smallest absolute Gasteiger partial charge is 0.303 e. The fourth-order valence-electron chi connectivity index (χ4n) is 1.40. The molecular weight excluding hydrogens is 208 g/mol. The quantitative estimate of drug-likeness (QED) is 0.737. The van der Waals surface area contributed by atoms with Crippen molar-refractivity contribution in [3.63, 3.8) is 0 Å². The van der Waals surface area contributed by atoms with Crippen molar-refractivity contribution in [2.24, 2.45) is 5.92 Å². The van der Waals surface area contributed by atoms with Crippen molar-refractivity contribution in [1.29, 1.82) is 0 Å². The fraction of sp³-hybridized carbons (Fsp3) is 0.417. The van der Waals surface area contributed by atoms with Crippen LogP contribution < -0.4 is 4.74 Å². The molecule has 4 heteroatoms. The minimum atomic E-state index is -0.866. The van der Waals surface area contributed by atoms with Crippen LogP contribution in [0, 0.1) is 5.92 Å². The second kappa shape index (κ2) is 6.85. The molecule has 4 nitrogen and oxygen atoms in total. The second-order valence-electron chi connectivity index (χ2n) is 3.60. The lowest BCUT2D eigenvalue weighted by atomic mass is 10.0. The number of hydrogen-bond donors (Lipinski definition) is 2. The van der Waals surface area contributed by atoms with E-state index in [0.29, 0.717) is 13.0 Å². The highest BCUT2D eigenvalue weighted by Crippen LogP contribution is 2.13. The van der Waals surface area contributed by atoms with E-state index in [0.717, 1.165) is 5.75 Å². The number of carbonyl (C=O) groups is 1. The van der Waals surface area contributed by atoms with E-state index in [-0.39, 0.29) is 18.9 Å². The Hall–Kier alpha value is -1.55. The fourth-order valence-corrected chi connectivity index (χ4v) is 1.40. The third-order valence-corrected chi connectivity index (χ3v) is 2.23. The van der Waals surface area contributed by atoms with Crippen LogP contribution in [0.4, 0.5) is 0 Å². The van der Waals surface area contributed by atoms with Gasteiger partial charge in [0, 0.05) is 12.5 Å². The average Bonchev–Trinajstić information content (AvgIpc) is 2.27. The van der Waals surface area contributed by atoms with Crippen molar-refractivity contribution >= 4 is 5.97 Å². The largest absolute Gasteiger partial charge is 0.493 e. The standard InChI is InChI=1S/C12H16O4/c13-7-6-10(8-12(14)15)9-16-11-4-2-1-3-5-11/h1-5,10,13H,6-9H2,(H,14,15). The van der Waals surface area contributed by atoms with Crippen LogP contribution in [0.2, 0.25) is 0 Å². The number of carboxylic acids is 1. The molecule has 0 heterocycles. The molecule has 88 valence electrons. The van der Waals surface area contributed by atoms with Crippen molar-refractivity contribution in [2.75, 3.05) is 13.2 Å². The highest BCUT2D eigenvalue weighted by atomic mass is 16.5. The van der Waals surface area contributed by atoms with Crippen LogP contribution in [-0.2, 0) is 4.79 Å². The number of para-hydroxylation sites is 1. The monoisotopic (exact) mass is 224 g/mol. The topological polar surface area (TPSA) is 66.8 Å². The van der Waals surface area contributed by atoms with Crippen molar-refractivity contribution in [3.05, 3.63) is 30.3 Å². The van der Waals surface area contributed by atoms with Gasteiger partial charge in [0.2, 0.25) is 0 Å². The lowest BCUT2D eigenvalue weighted by molar-refractivity contribution is -0.138. The molecule has 0 fully saturated rings. The lowest BCUT2D eigenvalue weighted by Crippen LogP contribution is -2.17. The Morgan fingerprint density at radius 1 is 1.31 bits per heavy atom. The van der Waals surface area contributed by atoms with Crippen LogP contribution in [0.3, 0.4) is 0 Å². The molecule has 0 radical (unpaired) electrons. The van der Waals surface area contributed by atoms with E-state index in [1.165, 1.54) is 0 Å². The molecule has 0 bridgehead atoms. The number of aliphatic carboxylic acids is 1. The van der Waals surface area contributed by atoms with Gasteiger partial charge in [0.05, 0.1) is 13.0 Å². The number of benzene rings is 1. The van der Waals surface area contributed by atoms with Crippen LogP contribution in [-0.4, -0.2) is 29.4 Å². The van der Waals surface area contributed by atoms with Crippen LogP contribution in [0.1, 0.15) is 12.8 Å². The number of hydrogen-bond acceptors (Lipinski definition) is 3. The summed E-state index contributed by atoms with van der Waals surface area (Å²) < 4.78 is 5.45. The molecule has 1 atom stereocenters. The van der Waals surface area contributed by atoms with Gasteiger partial charge in [-0.1, -0.05) is 18.2 Å². The predicted molar refractivity (Wildman–Crippen MR) is 59.4 cm³/mol. The number of aliphatic hydroxyl groups is 1. The van der Waals surface area contributed by atoms with Gasteiger partial charge in [0.1, 0.15) is 5.75 Å². The summed E-state index contributed by atoms with van der Waals surface area (Å²) in [4.78, 5) is 10.6. The Morgan fingerprint density at radius 2 is 2.00 bits per heavy atom. The zero-order chi connectivity index (χ0) is 11.8. The summed E-state index contributed by atoms with van der Waals surface area (Å²) >= 11 is 0. The van der Waals surface area contributed by atoms with Crippen LogP contribution >= 0.6 is 0 Å². The van der Waals surface area contributed by atoms with Gasteiger partial charge >= 0.3 is 5.97 Å². The first-order valence-corrected chi connectivity index (χ1v) is 5.23. The van der Waals surface area contributed by atoms with Gasteiger partial charge in [-0.25, -0.2) is 0 Å². The maximum absolute atomic E-state index is 10.6. The molecule has 0 saturated carbocycles. The van der Waals surface area contributed by atoms with E-state index in [1.54, 1.807) is 0 Å². The summed E-state index contributed by atoms with van der Waals surface area (Å²) in [5.41, 5.74) is 0.